The number of aliphatic imine (C=N–C) groups is 1. The molecule has 0 spiro atoms. The van der Waals surface area contributed by atoms with E-state index in [1.54, 1.807) is 18.4 Å². The van der Waals surface area contributed by atoms with Crippen molar-refractivity contribution < 1.29 is 4.74 Å². The fourth-order valence-electron chi connectivity index (χ4n) is 2.31. The van der Waals surface area contributed by atoms with E-state index in [-0.39, 0.29) is 5.60 Å². The van der Waals surface area contributed by atoms with Crippen molar-refractivity contribution in [2.75, 3.05) is 7.05 Å². The smallest absolute Gasteiger partial charge is 0.191 e. The first kappa shape index (κ1) is 20.2. The molecule has 6 heteroatoms. The minimum atomic E-state index is -0.227. The van der Waals surface area contributed by atoms with Crippen LogP contribution in [0.2, 0.25) is 0 Å². The molecule has 1 aromatic carbocycles. The van der Waals surface area contributed by atoms with Gasteiger partial charge in [-0.05, 0) is 32.8 Å². The predicted octanol–water partition coefficient (Wildman–Crippen LogP) is 4.31. The molecule has 1 aromatic heterocycles. The highest BCUT2D eigenvalue weighted by molar-refractivity contribution is 7.09. The molecule has 2 rings (SSSR count). The monoisotopic (exact) mass is 374 g/mol. The Morgan fingerprint density at radius 3 is 2.50 bits per heavy atom. The van der Waals surface area contributed by atoms with E-state index in [0.29, 0.717) is 19.0 Å². The van der Waals surface area contributed by atoms with Gasteiger partial charge in [-0.2, -0.15) is 0 Å². The molecule has 2 N–H and O–H groups in total. The number of guanidine groups is 1. The molecular weight excluding hydrogens is 344 g/mol. The second-order valence-corrected chi connectivity index (χ2v) is 8.36. The molecule has 1 heterocycles. The van der Waals surface area contributed by atoms with Crippen molar-refractivity contribution in [2.24, 2.45) is 4.99 Å². The minimum absolute atomic E-state index is 0.227. The highest BCUT2D eigenvalue weighted by atomic mass is 32.1. The molecule has 0 saturated carbocycles. The van der Waals surface area contributed by atoms with Gasteiger partial charge in [0.15, 0.2) is 5.96 Å². The number of aromatic nitrogens is 1. The van der Waals surface area contributed by atoms with E-state index in [2.05, 4.69) is 66.7 Å². The average Bonchev–Trinajstić information content (AvgIpc) is 3.04. The molecular formula is C20H30N4OS. The Kier molecular flexibility index (Phi) is 7.03. The van der Waals surface area contributed by atoms with Crippen LogP contribution in [0.4, 0.5) is 0 Å². The van der Waals surface area contributed by atoms with Crippen molar-refractivity contribution in [1.29, 1.82) is 0 Å². The van der Waals surface area contributed by atoms with Crippen molar-refractivity contribution >= 4 is 17.3 Å². The standard InChI is InChI=1S/C20H30N4OS/c1-14(2)16-13-26-18(24-16)12-23-19(21-6)22-11-15-9-7-8-10-17(15)25-20(3,4)5/h7-10,13-14H,11-12H2,1-6H3,(H2,21,22,23). The zero-order valence-corrected chi connectivity index (χ0v) is 17.4. The number of rotatable bonds is 6. The summed E-state index contributed by atoms with van der Waals surface area (Å²) in [7, 11) is 1.77. The summed E-state index contributed by atoms with van der Waals surface area (Å²) in [5.41, 5.74) is 2.01. The molecule has 0 atom stereocenters. The normalized spacial score (nSPS) is 12.3. The van der Waals surface area contributed by atoms with Gasteiger partial charge in [-0.3, -0.25) is 4.99 Å². The lowest BCUT2D eigenvalue weighted by Gasteiger charge is -2.23. The first-order chi connectivity index (χ1) is 12.3. The summed E-state index contributed by atoms with van der Waals surface area (Å²) < 4.78 is 6.04. The number of nitrogens with zero attached hydrogens (tertiary/aromatic N) is 2. The Hall–Kier alpha value is -2.08. The number of para-hydroxylation sites is 1. The highest BCUT2D eigenvalue weighted by Crippen LogP contribution is 2.23. The largest absolute Gasteiger partial charge is 0.488 e. The minimum Gasteiger partial charge on any atom is -0.488 e. The van der Waals surface area contributed by atoms with Crippen molar-refractivity contribution in [3.63, 3.8) is 0 Å². The van der Waals surface area contributed by atoms with Crippen LogP contribution in [0.25, 0.3) is 0 Å². The SMILES string of the molecule is CN=C(NCc1nc(C(C)C)cs1)NCc1ccccc1OC(C)(C)C. The Morgan fingerprint density at radius 2 is 1.88 bits per heavy atom. The van der Waals surface area contributed by atoms with Crippen LogP contribution in [0.5, 0.6) is 5.75 Å². The molecule has 0 aliphatic carbocycles. The molecule has 0 amide bonds. The molecule has 2 aromatic rings. The second-order valence-electron chi connectivity index (χ2n) is 7.42. The highest BCUT2D eigenvalue weighted by Gasteiger charge is 2.14. The fourth-order valence-corrected chi connectivity index (χ4v) is 3.20. The Morgan fingerprint density at radius 1 is 1.19 bits per heavy atom. The zero-order valence-electron chi connectivity index (χ0n) is 16.6. The summed E-state index contributed by atoms with van der Waals surface area (Å²) in [6.07, 6.45) is 0. The van der Waals surface area contributed by atoms with Gasteiger partial charge in [0.25, 0.3) is 0 Å². The maximum absolute atomic E-state index is 6.04. The molecule has 26 heavy (non-hydrogen) atoms. The lowest BCUT2D eigenvalue weighted by atomic mass is 10.1. The van der Waals surface area contributed by atoms with E-state index < -0.39 is 0 Å². The Bertz CT molecular complexity index is 731. The summed E-state index contributed by atoms with van der Waals surface area (Å²) in [4.78, 5) is 8.94. The maximum atomic E-state index is 6.04. The summed E-state index contributed by atoms with van der Waals surface area (Å²) in [5, 5.41) is 9.86. The third-order valence-corrected chi connectivity index (χ3v) is 4.49. The topological polar surface area (TPSA) is 58.5 Å². The average molecular weight is 375 g/mol. The van der Waals surface area contributed by atoms with Crippen LogP contribution < -0.4 is 15.4 Å². The van der Waals surface area contributed by atoms with Gasteiger partial charge in [0, 0.05) is 24.5 Å². The van der Waals surface area contributed by atoms with Crippen LogP contribution in [0, 0.1) is 0 Å². The van der Waals surface area contributed by atoms with E-state index in [1.807, 2.05) is 18.2 Å². The molecule has 5 nitrogen and oxygen atoms in total. The van der Waals surface area contributed by atoms with Crippen LogP contribution >= 0.6 is 11.3 Å². The number of hydrogen-bond donors (Lipinski definition) is 2. The molecule has 0 bridgehead atoms. The second kappa shape index (κ2) is 9.03. The lowest BCUT2D eigenvalue weighted by Crippen LogP contribution is -2.36. The lowest BCUT2D eigenvalue weighted by molar-refractivity contribution is 0.129. The third-order valence-electron chi connectivity index (χ3n) is 3.63. The quantitative estimate of drug-likeness (QED) is 0.584. The number of nitrogens with one attached hydrogen (secondary N) is 2. The van der Waals surface area contributed by atoms with Crippen molar-refractivity contribution in [2.45, 2.75) is 59.2 Å². The maximum Gasteiger partial charge on any atom is 0.191 e. The van der Waals surface area contributed by atoms with Crippen molar-refractivity contribution in [3.05, 3.63) is 45.9 Å². The molecule has 0 aliphatic rings. The fraction of sp³-hybridized carbons (Fsp3) is 0.500. The molecule has 0 saturated heterocycles. The van der Waals surface area contributed by atoms with Crippen LogP contribution in [-0.4, -0.2) is 23.6 Å². The van der Waals surface area contributed by atoms with Crippen molar-refractivity contribution in [3.8, 4) is 5.75 Å². The zero-order chi connectivity index (χ0) is 19.2. The van der Waals surface area contributed by atoms with E-state index in [9.17, 15) is 0 Å². The molecule has 0 radical (unpaired) electrons. The Labute approximate surface area is 160 Å². The van der Waals surface area contributed by atoms with Gasteiger partial charge >= 0.3 is 0 Å². The summed E-state index contributed by atoms with van der Waals surface area (Å²) in [5.74, 6) is 2.10. The first-order valence-electron chi connectivity index (χ1n) is 8.94. The predicted molar refractivity (Wildman–Crippen MR) is 110 cm³/mol. The van der Waals surface area contributed by atoms with Gasteiger partial charge in [-0.15, -0.1) is 11.3 Å². The number of ether oxygens (including phenoxy) is 1. The summed E-state index contributed by atoms with van der Waals surface area (Å²) >= 11 is 1.68. The van der Waals surface area contributed by atoms with Gasteiger partial charge in [0.2, 0.25) is 0 Å². The Balaban J connectivity index is 1.93. The van der Waals surface area contributed by atoms with E-state index in [1.165, 1.54) is 0 Å². The van der Waals surface area contributed by atoms with Crippen LogP contribution in [0.15, 0.2) is 34.6 Å². The molecule has 142 valence electrons. The van der Waals surface area contributed by atoms with Crippen molar-refractivity contribution in [1.82, 2.24) is 15.6 Å². The summed E-state index contributed by atoms with van der Waals surface area (Å²) in [6.45, 7) is 11.8. The van der Waals surface area contributed by atoms with Gasteiger partial charge in [0.05, 0.1) is 12.2 Å². The van der Waals surface area contributed by atoms with Crippen LogP contribution in [0.3, 0.4) is 0 Å². The van der Waals surface area contributed by atoms with E-state index in [4.69, 9.17) is 4.74 Å². The van der Waals surface area contributed by atoms with Gasteiger partial charge in [0.1, 0.15) is 16.4 Å². The third kappa shape index (κ3) is 6.33. The molecule has 0 unspecified atom stereocenters. The van der Waals surface area contributed by atoms with Gasteiger partial charge in [-0.25, -0.2) is 4.98 Å². The van der Waals surface area contributed by atoms with Crippen LogP contribution in [-0.2, 0) is 13.1 Å². The number of thiazole rings is 1. The van der Waals surface area contributed by atoms with E-state index in [0.717, 1.165) is 28.0 Å². The van der Waals surface area contributed by atoms with Gasteiger partial charge in [-0.1, -0.05) is 32.0 Å². The summed E-state index contributed by atoms with van der Waals surface area (Å²) in [6, 6.07) is 8.08. The van der Waals surface area contributed by atoms with Crippen LogP contribution in [0.1, 0.15) is 56.8 Å². The number of hydrogen-bond acceptors (Lipinski definition) is 4. The van der Waals surface area contributed by atoms with Gasteiger partial charge < -0.3 is 15.4 Å². The number of benzene rings is 1. The molecule has 0 aliphatic heterocycles. The first-order valence-corrected chi connectivity index (χ1v) is 9.82. The van der Waals surface area contributed by atoms with E-state index >= 15 is 0 Å². The molecule has 0 fully saturated rings.